The SMILES string of the molecule is COc1ncc(C(F)F)c(C(F)(F)F)c1C(=O)O. The zero-order valence-electron chi connectivity index (χ0n) is 8.76. The summed E-state index contributed by atoms with van der Waals surface area (Å²) in [6.07, 6.45) is -8.51. The number of carboxylic acids is 1. The van der Waals surface area contributed by atoms with Crippen LogP contribution in [0.25, 0.3) is 0 Å². The van der Waals surface area contributed by atoms with E-state index in [2.05, 4.69) is 9.72 Å². The van der Waals surface area contributed by atoms with Crippen LogP contribution in [0.1, 0.15) is 27.9 Å². The van der Waals surface area contributed by atoms with Gasteiger partial charge in [-0.3, -0.25) is 0 Å². The van der Waals surface area contributed by atoms with Crippen molar-refractivity contribution in [3.8, 4) is 5.88 Å². The van der Waals surface area contributed by atoms with Crippen LogP contribution in [-0.2, 0) is 6.18 Å². The number of nitrogens with zero attached hydrogens (tertiary/aromatic N) is 1. The van der Waals surface area contributed by atoms with Crippen molar-refractivity contribution in [2.45, 2.75) is 12.6 Å². The summed E-state index contributed by atoms with van der Waals surface area (Å²) in [6, 6.07) is 0. The lowest BCUT2D eigenvalue weighted by Crippen LogP contribution is -2.18. The number of alkyl halides is 5. The first-order chi connectivity index (χ1) is 8.20. The molecule has 0 radical (unpaired) electrons. The zero-order chi connectivity index (χ0) is 14.1. The van der Waals surface area contributed by atoms with Gasteiger partial charge < -0.3 is 9.84 Å². The van der Waals surface area contributed by atoms with Gasteiger partial charge in [-0.15, -0.1) is 0 Å². The van der Waals surface area contributed by atoms with Crippen molar-refractivity contribution in [3.63, 3.8) is 0 Å². The molecule has 9 heteroatoms. The van der Waals surface area contributed by atoms with Crippen molar-refractivity contribution in [1.82, 2.24) is 4.98 Å². The second-order valence-electron chi connectivity index (χ2n) is 3.08. The second-order valence-corrected chi connectivity index (χ2v) is 3.08. The van der Waals surface area contributed by atoms with Gasteiger partial charge in [-0.05, 0) is 0 Å². The molecule has 4 nitrogen and oxygen atoms in total. The summed E-state index contributed by atoms with van der Waals surface area (Å²) in [6.45, 7) is 0. The van der Waals surface area contributed by atoms with Gasteiger partial charge >= 0.3 is 12.1 Å². The quantitative estimate of drug-likeness (QED) is 0.859. The molecule has 0 amide bonds. The average Bonchev–Trinajstić information content (AvgIpc) is 2.25. The van der Waals surface area contributed by atoms with E-state index < -0.39 is 41.1 Å². The molecule has 1 rings (SSSR count). The Bertz CT molecular complexity index is 472. The molecule has 0 aliphatic heterocycles. The highest BCUT2D eigenvalue weighted by molar-refractivity contribution is 5.92. The minimum Gasteiger partial charge on any atom is -0.480 e. The maximum absolute atomic E-state index is 12.7. The van der Waals surface area contributed by atoms with Crippen LogP contribution in [0.15, 0.2) is 6.20 Å². The highest BCUT2D eigenvalue weighted by atomic mass is 19.4. The fourth-order valence-corrected chi connectivity index (χ4v) is 1.33. The maximum Gasteiger partial charge on any atom is 0.417 e. The van der Waals surface area contributed by atoms with Gasteiger partial charge in [0.15, 0.2) is 0 Å². The first-order valence-electron chi connectivity index (χ1n) is 4.35. The standard InChI is InChI=1S/C9H6F5NO3/c1-18-7-4(8(16)17)5(9(12,13)14)3(2-15-7)6(10)11/h2,6H,1H3,(H,16,17). The van der Waals surface area contributed by atoms with E-state index in [9.17, 15) is 26.7 Å². The van der Waals surface area contributed by atoms with E-state index >= 15 is 0 Å². The predicted octanol–water partition coefficient (Wildman–Crippen LogP) is 2.74. The maximum atomic E-state index is 12.7. The van der Waals surface area contributed by atoms with Crippen LogP contribution in [0.3, 0.4) is 0 Å². The van der Waals surface area contributed by atoms with E-state index in [1.165, 1.54) is 0 Å². The fraction of sp³-hybridized carbons (Fsp3) is 0.333. The van der Waals surface area contributed by atoms with Gasteiger partial charge in [-0.2, -0.15) is 13.2 Å². The van der Waals surface area contributed by atoms with Crippen LogP contribution >= 0.6 is 0 Å². The smallest absolute Gasteiger partial charge is 0.417 e. The van der Waals surface area contributed by atoms with E-state index in [-0.39, 0.29) is 6.20 Å². The van der Waals surface area contributed by atoms with Gasteiger partial charge in [0.2, 0.25) is 5.88 Å². The molecule has 0 saturated heterocycles. The Morgan fingerprint density at radius 3 is 2.33 bits per heavy atom. The third-order valence-electron chi connectivity index (χ3n) is 2.00. The number of methoxy groups -OCH3 is 1. The number of halogens is 5. The molecular formula is C9H6F5NO3. The van der Waals surface area contributed by atoms with Crippen LogP contribution in [-0.4, -0.2) is 23.2 Å². The molecule has 0 spiro atoms. The summed E-state index contributed by atoms with van der Waals surface area (Å²) in [5.74, 6) is -2.92. The van der Waals surface area contributed by atoms with Crippen LogP contribution in [0.4, 0.5) is 22.0 Å². The van der Waals surface area contributed by atoms with Gasteiger partial charge in [0.05, 0.1) is 12.7 Å². The van der Waals surface area contributed by atoms with E-state index in [1.807, 2.05) is 0 Å². The Morgan fingerprint density at radius 1 is 1.44 bits per heavy atom. The van der Waals surface area contributed by atoms with Gasteiger partial charge in [0.25, 0.3) is 6.43 Å². The first-order valence-corrected chi connectivity index (χ1v) is 4.35. The lowest BCUT2D eigenvalue weighted by atomic mass is 10.0. The predicted molar refractivity (Wildman–Crippen MR) is 47.7 cm³/mol. The molecule has 0 aromatic carbocycles. The molecule has 0 aliphatic carbocycles. The van der Waals surface area contributed by atoms with Gasteiger partial charge in [0, 0.05) is 11.8 Å². The lowest BCUT2D eigenvalue weighted by molar-refractivity contribution is -0.140. The molecule has 0 aliphatic rings. The number of aromatic carboxylic acids is 1. The minimum atomic E-state index is -5.25. The number of carboxylic acid groups (broad SMARTS) is 1. The Hall–Kier alpha value is -1.93. The van der Waals surface area contributed by atoms with Gasteiger partial charge in [-0.25, -0.2) is 18.6 Å². The minimum absolute atomic E-state index is 0.249. The molecule has 0 atom stereocenters. The van der Waals surface area contributed by atoms with Crippen molar-refractivity contribution in [2.24, 2.45) is 0 Å². The number of ether oxygens (including phenoxy) is 1. The summed E-state index contributed by atoms with van der Waals surface area (Å²) >= 11 is 0. The Balaban J connectivity index is 3.71. The number of rotatable bonds is 3. The summed E-state index contributed by atoms with van der Waals surface area (Å²) in [4.78, 5) is 13.9. The average molecular weight is 271 g/mol. The van der Waals surface area contributed by atoms with Crippen molar-refractivity contribution < 1.29 is 36.6 Å². The zero-order valence-corrected chi connectivity index (χ0v) is 8.76. The molecule has 0 saturated carbocycles. The van der Waals surface area contributed by atoms with Crippen LogP contribution in [0.2, 0.25) is 0 Å². The van der Waals surface area contributed by atoms with Crippen molar-refractivity contribution in [3.05, 3.63) is 22.9 Å². The number of hydrogen-bond acceptors (Lipinski definition) is 3. The highest BCUT2D eigenvalue weighted by Gasteiger charge is 2.42. The summed E-state index contributed by atoms with van der Waals surface area (Å²) in [7, 11) is 0.886. The van der Waals surface area contributed by atoms with Crippen LogP contribution < -0.4 is 4.74 Å². The largest absolute Gasteiger partial charge is 0.480 e. The molecular weight excluding hydrogens is 265 g/mol. The number of carbonyl (C=O) groups is 1. The molecule has 0 unspecified atom stereocenters. The molecule has 100 valence electrons. The summed E-state index contributed by atoms with van der Waals surface area (Å²) < 4.78 is 67.3. The van der Waals surface area contributed by atoms with E-state index in [4.69, 9.17) is 5.11 Å². The van der Waals surface area contributed by atoms with E-state index in [1.54, 1.807) is 0 Å². The van der Waals surface area contributed by atoms with Gasteiger partial charge in [0.1, 0.15) is 5.56 Å². The van der Waals surface area contributed by atoms with Crippen LogP contribution in [0, 0.1) is 0 Å². The molecule has 1 heterocycles. The van der Waals surface area contributed by atoms with Gasteiger partial charge in [-0.1, -0.05) is 0 Å². The monoisotopic (exact) mass is 271 g/mol. The van der Waals surface area contributed by atoms with Crippen molar-refractivity contribution >= 4 is 5.97 Å². The number of aromatic nitrogens is 1. The lowest BCUT2D eigenvalue weighted by Gasteiger charge is -2.16. The van der Waals surface area contributed by atoms with Crippen LogP contribution in [0.5, 0.6) is 5.88 Å². The Kier molecular flexibility index (Phi) is 3.73. The Labute approximate surface area is 97.0 Å². The summed E-state index contributed by atoms with van der Waals surface area (Å²) in [5, 5.41) is 8.68. The fourth-order valence-electron chi connectivity index (χ4n) is 1.33. The number of hydrogen-bond donors (Lipinski definition) is 1. The van der Waals surface area contributed by atoms with Crippen molar-refractivity contribution in [1.29, 1.82) is 0 Å². The molecule has 0 fully saturated rings. The normalized spacial score (nSPS) is 11.7. The molecule has 0 bridgehead atoms. The topological polar surface area (TPSA) is 59.4 Å². The third-order valence-corrected chi connectivity index (χ3v) is 2.00. The first kappa shape index (κ1) is 14.1. The molecule has 1 N–H and O–H groups in total. The molecule has 1 aromatic heterocycles. The van der Waals surface area contributed by atoms with E-state index in [0.717, 1.165) is 7.11 Å². The highest BCUT2D eigenvalue weighted by Crippen LogP contribution is 2.40. The second kappa shape index (κ2) is 4.75. The third kappa shape index (κ3) is 2.49. The molecule has 1 aromatic rings. The van der Waals surface area contributed by atoms with Crippen molar-refractivity contribution in [2.75, 3.05) is 7.11 Å². The summed E-state index contributed by atoms with van der Waals surface area (Å²) in [5.41, 5.74) is -4.87. The molecule has 18 heavy (non-hydrogen) atoms. The van der Waals surface area contributed by atoms with E-state index in [0.29, 0.717) is 0 Å². The number of pyridine rings is 1. The Morgan fingerprint density at radius 2 is 2.00 bits per heavy atom.